The van der Waals surface area contributed by atoms with Crippen molar-refractivity contribution < 1.29 is 24.3 Å². The van der Waals surface area contributed by atoms with Crippen molar-refractivity contribution >= 4 is 22.6 Å². The predicted octanol–water partition coefficient (Wildman–Crippen LogP) is 3.25. The molecule has 2 N–H and O–H groups in total. The summed E-state index contributed by atoms with van der Waals surface area (Å²) in [5, 5.41) is 0. The monoisotopic (exact) mass is 316 g/mol. The fourth-order valence-corrected chi connectivity index (χ4v) is 2.20. The van der Waals surface area contributed by atoms with Crippen LogP contribution >= 0.6 is 0 Å². The zero-order valence-electron chi connectivity index (χ0n) is 12.2. The number of hydrogen-bond acceptors (Lipinski definition) is 5. The summed E-state index contributed by atoms with van der Waals surface area (Å²) in [6, 6.07) is 17.1. The number of para-hydroxylation sites is 1. The second kappa shape index (κ2) is 9.98. The van der Waals surface area contributed by atoms with E-state index in [0.717, 1.165) is 11.3 Å². The predicted molar refractivity (Wildman–Crippen MR) is 81.7 cm³/mol. The number of hydrogen-bond donors (Lipinski definition) is 0. The Kier molecular flexibility index (Phi) is 9.15. The normalized spacial score (nSPS) is 10.7. The summed E-state index contributed by atoms with van der Waals surface area (Å²) in [4.78, 5) is 11.7. The van der Waals surface area contributed by atoms with Gasteiger partial charge in [0.1, 0.15) is 0 Å². The third-order valence-electron chi connectivity index (χ3n) is 3.05. The van der Waals surface area contributed by atoms with Gasteiger partial charge in [-0.1, -0.05) is 0 Å². The molecule has 2 rings (SSSR count). The second-order valence-corrected chi connectivity index (χ2v) is 4.62. The molecule has 5 nitrogen and oxygen atoms in total. The third-order valence-corrected chi connectivity index (χ3v) is 3.28. The first-order valence-corrected chi connectivity index (χ1v) is 6.95. The fourth-order valence-electron chi connectivity index (χ4n) is 2.04. The molecule has 0 bridgehead atoms. The van der Waals surface area contributed by atoms with Gasteiger partial charge in [0, 0.05) is 0 Å². The summed E-state index contributed by atoms with van der Waals surface area (Å²) in [5.74, 6) is 0.955. The van der Waals surface area contributed by atoms with Crippen LogP contribution in [0.4, 0.5) is 0 Å². The molecule has 0 aliphatic carbocycles. The van der Waals surface area contributed by atoms with Gasteiger partial charge in [-0.15, -0.1) is 0 Å². The van der Waals surface area contributed by atoms with Crippen LogP contribution in [0, 0.1) is 0 Å². The van der Waals surface area contributed by atoms with Crippen molar-refractivity contribution in [3.63, 3.8) is 0 Å². The van der Waals surface area contributed by atoms with E-state index in [1.54, 1.807) is 0 Å². The van der Waals surface area contributed by atoms with E-state index >= 15 is 0 Å². The minimum absolute atomic E-state index is 0. The number of carbonyl (C=O) groups is 1. The van der Waals surface area contributed by atoms with E-state index < -0.39 is 0 Å². The first-order valence-electron chi connectivity index (χ1n) is 6.48. The van der Waals surface area contributed by atoms with Crippen molar-refractivity contribution in [2.75, 3.05) is 0 Å². The van der Waals surface area contributed by atoms with Crippen molar-refractivity contribution in [1.82, 2.24) is 0 Å². The van der Waals surface area contributed by atoms with Gasteiger partial charge >= 0.3 is 127 Å². The van der Waals surface area contributed by atoms with Crippen molar-refractivity contribution in [1.29, 1.82) is 0 Å². The van der Waals surface area contributed by atoms with Crippen LogP contribution in [0.15, 0.2) is 54.6 Å². The number of carbonyl (C=O) groups excluding carboxylic acids is 1. The van der Waals surface area contributed by atoms with E-state index in [-0.39, 0.29) is 22.8 Å². The molecule has 114 valence electrons. The van der Waals surface area contributed by atoms with Gasteiger partial charge in [0.15, 0.2) is 0 Å². The molecule has 0 saturated heterocycles. The van der Waals surface area contributed by atoms with Gasteiger partial charge in [0.25, 0.3) is 0 Å². The van der Waals surface area contributed by atoms with E-state index in [4.69, 9.17) is 8.53 Å². The Morgan fingerprint density at radius 3 is 2.27 bits per heavy atom. The average molecular weight is 316 g/mol. The molecule has 0 radical (unpaired) electrons. The fraction of sp³-hybridized carbons (Fsp3) is 0.188. The molecular weight excluding hydrogens is 299 g/mol. The van der Waals surface area contributed by atoms with E-state index in [9.17, 15) is 4.79 Å². The van der Waals surface area contributed by atoms with Gasteiger partial charge in [0.2, 0.25) is 0 Å². The maximum atomic E-state index is 11.7. The molecule has 0 heterocycles. The summed E-state index contributed by atoms with van der Waals surface area (Å²) < 4.78 is 10.5. The van der Waals surface area contributed by atoms with Gasteiger partial charge in [-0.05, 0) is 0 Å². The van der Waals surface area contributed by atoms with Crippen LogP contribution < -0.4 is 4.74 Å². The maximum Gasteiger partial charge on any atom is -0.870 e. The summed E-state index contributed by atoms with van der Waals surface area (Å²) in [6.45, 7) is 1.96. The van der Waals surface area contributed by atoms with E-state index in [1.807, 2.05) is 78.1 Å². The molecule has 2 aromatic rings. The van der Waals surface area contributed by atoms with Crippen LogP contribution in [-0.4, -0.2) is 33.5 Å². The van der Waals surface area contributed by atoms with Crippen LogP contribution in [0.1, 0.15) is 24.8 Å². The minimum Gasteiger partial charge on any atom is -0.870 e. The number of rotatable bonds is 5. The molecule has 0 fully saturated rings. The summed E-state index contributed by atoms with van der Waals surface area (Å²) in [5.41, 5.74) is 0.897. The first kappa shape index (κ1) is 20.2. The van der Waals surface area contributed by atoms with Gasteiger partial charge < -0.3 is 11.0 Å². The standard InChI is InChI=1S/C16H16O3.Al.2H2O/c1-2-15(16(17)18)12-7-6-10-14(11-12)19-13-8-4-3-5-9-13;;;/h3-11,15H,2H2,1H3,(H,17,18);;2*1H2/q;+3;;/p-3. The van der Waals surface area contributed by atoms with Crippen LogP contribution in [0.25, 0.3) is 0 Å². The van der Waals surface area contributed by atoms with Gasteiger partial charge in [-0.25, -0.2) is 0 Å². The Morgan fingerprint density at radius 1 is 1.05 bits per heavy atom. The quantitative estimate of drug-likeness (QED) is 0.789. The van der Waals surface area contributed by atoms with Gasteiger partial charge in [-0.3, -0.25) is 0 Å². The zero-order valence-corrected chi connectivity index (χ0v) is 13.3. The molecule has 0 amide bonds. The molecule has 2 aromatic carbocycles. The van der Waals surface area contributed by atoms with E-state index in [1.165, 1.54) is 0 Å². The smallest absolute Gasteiger partial charge is 0.870 e. The van der Waals surface area contributed by atoms with Crippen LogP contribution in [0.5, 0.6) is 11.5 Å². The average Bonchev–Trinajstić information content (AvgIpc) is 2.49. The molecule has 0 aromatic heterocycles. The topological polar surface area (TPSA) is 95.5 Å². The number of benzene rings is 2. The molecule has 1 atom stereocenters. The van der Waals surface area contributed by atoms with Crippen molar-refractivity contribution in [2.24, 2.45) is 0 Å². The Bertz CT molecular complexity index is 574. The molecule has 0 spiro atoms. The number of ether oxygens (including phenoxy) is 1. The largest absolute Gasteiger partial charge is 0.870 e. The minimum atomic E-state index is -0.271. The molecule has 0 aliphatic rings. The zero-order chi connectivity index (χ0) is 14.4. The summed E-state index contributed by atoms with van der Waals surface area (Å²) in [6.07, 6.45) is 0.683. The Morgan fingerprint density at radius 2 is 1.68 bits per heavy atom. The Labute approximate surface area is 138 Å². The molecule has 0 aliphatic heterocycles. The van der Waals surface area contributed by atoms with Crippen LogP contribution in [0.3, 0.4) is 0 Å². The van der Waals surface area contributed by atoms with Crippen molar-refractivity contribution in [2.45, 2.75) is 19.3 Å². The SMILES string of the molecule is CCC(C(=O)[O][Al+2])c1cccc(Oc2ccccc2)c1.[OH-].[OH-]. The van der Waals surface area contributed by atoms with Gasteiger partial charge in [-0.2, -0.15) is 0 Å². The summed E-state index contributed by atoms with van der Waals surface area (Å²) >= 11 is 2.00. The summed E-state index contributed by atoms with van der Waals surface area (Å²) in [7, 11) is 0. The second-order valence-electron chi connectivity index (χ2n) is 4.39. The molecular formula is C16H17AlO5. The van der Waals surface area contributed by atoms with Crippen LogP contribution in [-0.2, 0) is 8.58 Å². The third kappa shape index (κ3) is 5.17. The van der Waals surface area contributed by atoms with E-state index in [2.05, 4.69) is 0 Å². The van der Waals surface area contributed by atoms with Crippen LogP contribution in [0.2, 0.25) is 0 Å². The molecule has 6 heteroatoms. The Hall–Kier alpha value is -1.84. The Balaban J connectivity index is 0.00000220. The van der Waals surface area contributed by atoms with Gasteiger partial charge in [0.05, 0.1) is 0 Å². The van der Waals surface area contributed by atoms with E-state index in [0.29, 0.717) is 12.2 Å². The molecule has 1 unspecified atom stereocenters. The molecule has 22 heavy (non-hydrogen) atoms. The molecule has 0 saturated carbocycles. The first-order chi connectivity index (χ1) is 9.74. The van der Waals surface area contributed by atoms with Crippen molar-refractivity contribution in [3.05, 3.63) is 60.2 Å². The van der Waals surface area contributed by atoms with Crippen molar-refractivity contribution in [3.8, 4) is 11.5 Å². The maximum absolute atomic E-state index is 11.7.